The SMILES string of the molecule is N#CCc1ccc(C#N)c(P)c1F. The molecule has 0 spiro atoms. The Morgan fingerprint density at radius 2 is 2.08 bits per heavy atom. The van der Waals surface area contributed by atoms with Gasteiger partial charge in [0.25, 0.3) is 0 Å². The van der Waals surface area contributed by atoms with Gasteiger partial charge in [0.15, 0.2) is 0 Å². The van der Waals surface area contributed by atoms with Gasteiger partial charge in [0.2, 0.25) is 0 Å². The number of halogens is 1. The Morgan fingerprint density at radius 1 is 1.38 bits per heavy atom. The summed E-state index contributed by atoms with van der Waals surface area (Å²) in [6, 6.07) is 6.69. The second-order valence-electron chi connectivity index (χ2n) is 2.45. The molecule has 2 nitrogen and oxygen atoms in total. The molecule has 64 valence electrons. The highest BCUT2D eigenvalue weighted by molar-refractivity contribution is 7.27. The summed E-state index contributed by atoms with van der Waals surface area (Å²) in [4.78, 5) is 0. The summed E-state index contributed by atoms with van der Waals surface area (Å²) in [5.74, 6) is -0.481. The van der Waals surface area contributed by atoms with Crippen LogP contribution in [-0.4, -0.2) is 0 Å². The largest absolute Gasteiger partial charge is 0.206 e. The zero-order chi connectivity index (χ0) is 9.84. The molecule has 1 aromatic carbocycles. The van der Waals surface area contributed by atoms with E-state index in [1.165, 1.54) is 12.1 Å². The van der Waals surface area contributed by atoms with Gasteiger partial charge in [-0.05, 0) is 6.07 Å². The van der Waals surface area contributed by atoms with Gasteiger partial charge in [-0.25, -0.2) is 4.39 Å². The summed E-state index contributed by atoms with van der Waals surface area (Å²) < 4.78 is 13.3. The first-order valence-electron chi connectivity index (χ1n) is 3.54. The first-order chi connectivity index (χ1) is 6.20. The standard InChI is InChI=1S/C9H6FN2P/c10-8-6(3-4-11)1-2-7(5-12)9(8)13/h1-2H,3,13H2. The van der Waals surface area contributed by atoms with Crippen LogP contribution in [0.2, 0.25) is 0 Å². The van der Waals surface area contributed by atoms with E-state index < -0.39 is 5.82 Å². The van der Waals surface area contributed by atoms with Gasteiger partial charge in [-0.15, -0.1) is 9.24 Å². The number of rotatable bonds is 1. The highest BCUT2D eigenvalue weighted by Crippen LogP contribution is 2.11. The van der Waals surface area contributed by atoms with Crippen LogP contribution in [0.4, 0.5) is 4.39 Å². The number of hydrogen-bond acceptors (Lipinski definition) is 2. The summed E-state index contributed by atoms with van der Waals surface area (Å²) in [6.45, 7) is 0. The van der Waals surface area contributed by atoms with Crippen molar-refractivity contribution in [2.75, 3.05) is 0 Å². The topological polar surface area (TPSA) is 47.6 Å². The highest BCUT2D eigenvalue weighted by atomic mass is 31.0. The molecule has 0 N–H and O–H groups in total. The van der Waals surface area contributed by atoms with Crippen LogP contribution in [0, 0.1) is 28.5 Å². The van der Waals surface area contributed by atoms with Crippen LogP contribution in [-0.2, 0) is 6.42 Å². The van der Waals surface area contributed by atoms with Gasteiger partial charge in [0.1, 0.15) is 5.82 Å². The van der Waals surface area contributed by atoms with Crippen LogP contribution in [0.5, 0.6) is 0 Å². The van der Waals surface area contributed by atoms with Gasteiger partial charge in [-0.2, -0.15) is 10.5 Å². The van der Waals surface area contributed by atoms with Crippen molar-refractivity contribution in [3.8, 4) is 12.1 Å². The fourth-order valence-corrected chi connectivity index (χ4v) is 1.30. The van der Waals surface area contributed by atoms with E-state index in [1.54, 1.807) is 0 Å². The van der Waals surface area contributed by atoms with Gasteiger partial charge < -0.3 is 0 Å². The molecule has 0 saturated carbocycles. The minimum Gasteiger partial charge on any atom is -0.206 e. The van der Waals surface area contributed by atoms with Gasteiger partial charge in [-0.3, -0.25) is 0 Å². The molecule has 0 fully saturated rings. The maximum absolute atomic E-state index is 13.3. The van der Waals surface area contributed by atoms with E-state index in [0.717, 1.165) is 0 Å². The number of benzene rings is 1. The summed E-state index contributed by atoms with van der Waals surface area (Å²) in [6.07, 6.45) is 0.0267. The Morgan fingerprint density at radius 3 is 2.62 bits per heavy atom. The maximum atomic E-state index is 13.3. The van der Waals surface area contributed by atoms with Gasteiger partial charge in [0.05, 0.1) is 24.1 Å². The Bertz CT molecular complexity index is 415. The second-order valence-corrected chi connectivity index (χ2v) is 3.02. The van der Waals surface area contributed by atoms with Crippen molar-refractivity contribution >= 4 is 14.5 Å². The van der Waals surface area contributed by atoms with Crippen LogP contribution in [0.1, 0.15) is 11.1 Å². The minimum atomic E-state index is -0.481. The maximum Gasteiger partial charge on any atom is 0.135 e. The monoisotopic (exact) mass is 192 g/mol. The lowest BCUT2D eigenvalue weighted by atomic mass is 10.1. The highest BCUT2D eigenvalue weighted by Gasteiger charge is 2.08. The lowest BCUT2D eigenvalue weighted by Gasteiger charge is -2.02. The number of nitriles is 2. The van der Waals surface area contributed by atoms with E-state index in [-0.39, 0.29) is 17.3 Å². The lowest BCUT2D eigenvalue weighted by Crippen LogP contribution is -2.07. The molecule has 0 saturated heterocycles. The molecule has 0 aliphatic carbocycles. The zero-order valence-electron chi connectivity index (χ0n) is 6.71. The third-order valence-electron chi connectivity index (χ3n) is 1.65. The molecule has 0 heterocycles. The van der Waals surface area contributed by atoms with E-state index in [2.05, 4.69) is 9.24 Å². The van der Waals surface area contributed by atoms with Crippen molar-refractivity contribution in [2.24, 2.45) is 0 Å². The van der Waals surface area contributed by atoms with Gasteiger partial charge in [-0.1, -0.05) is 6.07 Å². The smallest absolute Gasteiger partial charge is 0.135 e. The summed E-state index contributed by atoms with van der Waals surface area (Å²) in [5.41, 5.74) is 0.607. The van der Waals surface area contributed by atoms with Crippen molar-refractivity contribution < 1.29 is 4.39 Å². The number of nitrogens with zero attached hydrogens (tertiary/aromatic N) is 2. The zero-order valence-corrected chi connectivity index (χ0v) is 7.87. The van der Waals surface area contributed by atoms with E-state index >= 15 is 0 Å². The van der Waals surface area contributed by atoms with Crippen molar-refractivity contribution in [1.29, 1.82) is 10.5 Å². The fourth-order valence-electron chi connectivity index (χ4n) is 0.957. The molecule has 1 rings (SSSR count). The molecule has 0 aromatic heterocycles. The molecule has 13 heavy (non-hydrogen) atoms. The molecule has 1 unspecified atom stereocenters. The molecule has 0 aliphatic rings. The van der Waals surface area contributed by atoms with E-state index in [1.807, 2.05) is 12.1 Å². The predicted molar refractivity (Wildman–Crippen MR) is 49.8 cm³/mol. The first-order valence-corrected chi connectivity index (χ1v) is 4.12. The van der Waals surface area contributed by atoms with E-state index in [0.29, 0.717) is 5.56 Å². The van der Waals surface area contributed by atoms with Crippen molar-refractivity contribution in [2.45, 2.75) is 6.42 Å². The van der Waals surface area contributed by atoms with E-state index in [9.17, 15) is 4.39 Å². The summed E-state index contributed by atoms with van der Waals surface area (Å²) >= 11 is 0. The van der Waals surface area contributed by atoms with Crippen molar-refractivity contribution in [3.05, 3.63) is 29.1 Å². The first kappa shape index (κ1) is 9.65. The lowest BCUT2D eigenvalue weighted by molar-refractivity contribution is 0.623. The average molecular weight is 192 g/mol. The average Bonchev–Trinajstić information content (AvgIpc) is 2.14. The molecular weight excluding hydrogens is 186 g/mol. The third-order valence-corrected chi connectivity index (χ3v) is 2.21. The van der Waals surface area contributed by atoms with Gasteiger partial charge >= 0.3 is 0 Å². The molecule has 0 aliphatic heterocycles. The van der Waals surface area contributed by atoms with Crippen LogP contribution in [0.15, 0.2) is 12.1 Å². The Kier molecular flexibility index (Phi) is 2.96. The van der Waals surface area contributed by atoms with Crippen LogP contribution >= 0.6 is 9.24 Å². The normalized spacial score (nSPS) is 8.92. The molecule has 0 radical (unpaired) electrons. The molecule has 0 amide bonds. The fraction of sp³-hybridized carbons (Fsp3) is 0.111. The van der Waals surface area contributed by atoms with Crippen LogP contribution < -0.4 is 5.30 Å². The predicted octanol–water partition coefficient (Wildman–Crippen LogP) is 1.26. The Labute approximate surface area is 77.8 Å². The molecular formula is C9H6FN2P. The molecule has 0 bridgehead atoms. The van der Waals surface area contributed by atoms with Crippen molar-refractivity contribution in [1.82, 2.24) is 0 Å². The van der Waals surface area contributed by atoms with Crippen LogP contribution in [0.3, 0.4) is 0 Å². The molecule has 1 aromatic rings. The Balaban J connectivity index is 3.27. The van der Waals surface area contributed by atoms with Crippen molar-refractivity contribution in [3.63, 3.8) is 0 Å². The summed E-state index contributed by atoms with van der Waals surface area (Å²) in [5, 5.41) is 17.2. The van der Waals surface area contributed by atoms with Crippen LogP contribution in [0.25, 0.3) is 0 Å². The number of hydrogen-bond donors (Lipinski definition) is 0. The second kappa shape index (κ2) is 3.99. The Hall–Kier alpha value is -1.44. The molecule has 4 heteroatoms. The van der Waals surface area contributed by atoms with Gasteiger partial charge in [0, 0.05) is 10.9 Å². The quantitative estimate of drug-likeness (QED) is 0.629. The molecule has 1 atom stereocenters. The minimum absolute atomic E-state index is 0.0267. The third kappa shape index (κ3) is 1.83. The summed E-state index contributed by atoms with van der Waals surface area (Å²) in [7, 11) is 2.17. The van der Waals surface area contributed by atoms with E-state index in [4.69, 9.17) is 10.5 Å².